The zero-order valence-corrected chi connectivity index (χ0v) is 26.6. The smallest absolute Gasteiger partial charge is 0.334 e. The van der Waals surface area contributed by atoms with Gasteiger partial charge in [-0.1, -0.05) is 61.8 Å². The van der Waals surface area contributed by atoms with Crippen LogP contribution >= 0.6 is 34.8 Å². The third kappa shape index (κ3) is 5.36. The van der Waals surface area contributed by atoms with Crippen LogP contribution in [-0.2, 0) is 39.1 Å². The zero-order valence-electron chi connectivity index (χ0n) is 24.3. The minimum atomic E-state index is -0.537. The average molecular weight is 652 g/mol. The van der Waals surface area contributed by atoms with Gasteiger partial charge in [0.1, 0.15) is 12.2 Å². The van der Waals surface area contributed by atoms with Crippen LogP contribution in [-0.4, -0.2) is 31.5 Å². The fourth-order valence-corrected chi connectivity index (χ4v) is 6.37. The van der Waals surface area contributed by atoms with Crippen molar-refractivity contribution in [1.29, 1.82) is 0 Å². The van der Waals surface area contributed by atoms with Crippen molar-refractivity contribution in [1.82, 2.24) is 19.6 Å². The maximum absolute atomic E-state index is 12.3. The van der Waals surface area contributed by atoms with Gasteiger partial charge in [0.05, 0.1) is 22.4 Å². The van der Waals surface area contributed by atoms with Gasteiger partial charge in [0, 0.05) is 76.2 Å². The molecular weight excluding hydrogens is 623 g/mol. The molecule has 2 aliphatic rings. The van der Waals surface area contributed by atoms with Crippen LogP contribution in [0.1, 0.15) is 42.7 Å². The van der Waals surface area contributed by atoms with Crippen molar-refractivity contribution >= 4 is 46.7 Å². The molecule has 2 saturated heterocycles. The number of esters is 2. The van der Waals surface area contributed by atoms with Crippen molar-refractivity contribution in [2.45, 2.75) is 39.0 Å². The summed E-state index contributed by atoms with van der Waals surface area (Å²) in [4.78, 5) is 24.5. The molecule has 0 radical (unpaired) electrons. The predicted octanol–water partition coefficient (Wildman–Crippen LogP) is 7.73. The Morgan fingerprint density at radius 1 is 0.773 bits per heavy atom. The molecule has 226 valence electrons. The molecule has 0 unspecified atom stereocenters. The first-order valence-electron chi connectivity index (χ1n) is 14.1. The standard InChI is InChI=1S/C33H29Cl3N4O4/c1-16-18(3)32(41)43-30(16)25-10-27(34)20(8-23(25)21-12-37-39(5)14-21)6-7-40-15-22(13-38-40)24-9-28(35)29(36)11-26(24)31-17(2)19(4)33(42)44-31/h8-17,30-31H,3-4,6-7H2,1-2,5H3/t16-,17+,30+,31-/m1/s1. The molecule has 8 nitrogen and oxygen atoms in total. The molecule has 4 heterocycles. The minimum Gasteiger partial charge on any atom is -0.453 e. The van der Waals surface area contributed by atoms with Crippen LogP contribution in [0, 0.1) is 11.8 Å². The number of aryl methyl sites for hydroxylation is 3. The van der Waals surface area contributed by atoms with E-state index in [0.29, 0.717) is 39.2 Å². The number of ether oxygens (including phenoxy) is 2. The highest BCUT2D eigenvalue weighted by atomic mass is 35.5. The van der Waals surface area contributed by atoms with E-state index in [1.54, 1.807) is 29.2 Å². The third-order valence-corrected chi connectivity index (χ3v) is 9.57. The topological polar surface area (TPSA) is 88.2 Å². The van der Waals surface area contributed by atoms with Crippen LogP contribution in [0.3, 0.4) is 0 Å². The largest absolute Gasteiger partial charge is 0.453 e. The maximum atomic E-state index is 12.3. The van der Waals surface area contributed by atoms with Crippen molar-refractivity contribution in [2.24, 2.45) is 18.9 Å². The summed E-state index contributed by atoms with van der Waals surface area (Å²) in [6.07, 6.45) is 6.89. The van der Waals surface area contributed by atoms with Crippen molar-refractivity contribution in [2.75, 3.05) is 0 Å². The molecule has 2 aliphatic heterocycles. The lowest BCUT2D eigenvalue weighted by atomic mass is 9.88. The maximum Gasteiger partial charge on any atom is 0.334 e. The molecule has 6 rings (SSSR count). The number of cyclic esters (lactones) is 2. The van der Waals surface area contributed by atoms with Gasteiger partial charge in [0.2, 0.25) is 0 Å². The van der Waals surface area contributed by atoms with Crippen LogP contribution in [0.5, 0.6) is 0 Å². The lowest BCUT2D eigenvalue weighted by Crippen LogP contribution is -2.08. The number of hydrogen-bond acceptors (Lipinski definition) is 6. The van der Waals surface area contributed by atoms with Crippen LogP contribution in [0.25, 0.3) is 22.3 Å². The highest BCUT2D eigenvalue weighted by molar-refractivity contribution is 6.42. The number of aromatic nitrogens is 4. The molecule has 0 N–H and O–H groups in total. The molecule has 4 aromatic rings. The molecule has 2 aromatic carbocycles. The Morgan fingerprint density at radius 2 is 1.30 bits per heavy atom. The number of carbonyl (C=O) groups is 2. The summed E-state index contributed by atoms with van der Waals surface area (Å²) in [5.41, 5.74) is 6.66. The number of halogens is 3. The number of hydrogen-bond donors (Lipinski definition) is 0. The van der Waals surface area contributed by atoms with Gasteiger partial charge in [-0.15, -0.1) is 0 Å². The van der Waals surface area contributed by atoms with Gasteiger partial charge in [-0.3, -0.25) is 9.36 Å². The summed E-state index contributed by atoms with van der Waals surface area (Å²) in [7, 11) is 1.85. The first-order chi connectivity index (χ1) is 20.9. The Kier molecular flexibility index (Phi) is 7.94. The first kappa shape index (κ1) is 30.2. The minimum absolute atomic E-state index is 0.192. The fourth-order valence-electron chi connectivity index (χ4n) is 5.77. The van der Waals surface area contributed by atoms with Crippen molar-refractivity contribution in [3.8, 4) is 22.3 Å². The van der Waals surface area contributed by atoms with E-state index in [1.807, 2.05) is 50.1 Å². The monoisotopic (exact) mass is 650 g/mol. The summed E-state index contributed by atoms with van der Waals surface area (Å²) in [6, 6.07) is 7.41. The van der Waals surface area contributed by atoms with Crippen LogP contribution in [0.2, 0.25) is 15.1 Å². The molecule has 44 heavy (non-hydrogen) atoms. The second kappa shape index (κ2) is 11.6. The Hall–Kier alpha value is -3.85. The van der Waals surface area contributed by atoms with Gasteiger partial charge in [-0.2, -0.15) is 10.2 Å². The molecular formula is C33H29Cl3N4O4. The number of rotatable bonds is 7. The van der Waals surface area contributed by atoms with E-state index in [9.17, 15) is 9.59 Å². The highest BCUT2D eigenvalue weighted by Gasteiger charge is 2.39. The van der Waals surface area contributed by atoms with Crippen molar-refractivity contribution in [3.63, 3.8) is 0 Å². The normalized spacial score (nSPS) is 21.7. The zero-order chi connectivity index (χ0) is 31.4. The highest BCUT2D eigenvalue weighted by Crippen LogP contribution is 2.45. The van der Waals surface area contributed by atoms with Gasteiger partial charge in [-0.05, 0) is 47.4 Å². The van der Waals surface area contributed by atoms with Gasteiger partial charge < -0.3 is 9.47 Å². The lowest BCUT2D eigenvalue weighted by Gasteiger charge is -2.20. The van der Waals surface area contributed by atoms with E-state index in [-0.39, 0.29) is 11.8 Å². The molecule has 0 bridgehead atoms. The Morgan fingerprint density at radius 3 is 1.84 bits per heavy atom. The van der Waals surface area contributed by atoms with Crippen LogP contribution in [0.15, 0.2) is 73.4 Å². The van der Waals surface area contributed by atoms with Crippen molar-refractivity contribution < 1.29 is 19.1 Å². The second-order valence-corrected chi connectivity index (χ2v) is 12.5. The van der Waals surface area contributed by atoms with E-state index >= 15 is 0 Å². The van der Waals surface area contributed by atoms with E-state index in [0.717, 1.165) is 38.9 Å². The van der Waals surface area contributed by atoms with Crippen LogP contribution < -0.4 is 0 Å². The van der Waals surface area contributed by atoms with E-state index in [1.165, 1.54) is 0 Å². The number of benzene rings is 2. The van der Waals surface area contributed by atoms with Gasteiger partial charge in [0.15, 0.2) is 0 Å². The molecule has 0 aliphatic carbocycles. The number of nitrogens with zero attached hydrogens (tertiary/aromatic N) is 4. The summed E-state index contributed by atoms with van der Waals surface area (Å²) in [5, 5.41) is 10.2. The predicted molar refractivity (Wildman–Crippen MR) is 169 cm³/mol. The molecule has 0 amide bonds. The van der Waals surface area contributed by atoms with E-state index in [2.05, 4.69) is 23.4 Å². The average Bonchev–Trinajstić information content (AvgIpc) is 3.76. The molecule has 11 heteroatoms. The SMILES string of the molecule is C=C1C(=O)O[C@H](c2cc(Cl)c(CCn3cc(-c4cc(Cl)c(Cl)cc4[C@@H]4OC(=O)C(=C)[C@@H]4C)cn3)cc2-c2cnn(C)c2)[C@@H]1C. The third-order valence-electron chi connectivity index (χ3n) is 8.49. The summed E-state index contributed by atoms with van der Waals surface area (Å²) < 4.78 is 14.9. The first-order valence-corrected chi connectivity index (χ1v) is 15.2. The van der Waals surface area contributed by atoms with Gasteiger partial charge >= 0.3 is 11.9 Å². The lowest BCUT2D eigenvalue weighted by molar-refractivity contribution is -0.140. The van der Waals surface area contributed by atoms with E-state index < -0.39 is 24.1 Å². The Balaban J connectivity index is 1.30. The van der Waals surface area contributed by atoms with Crippen molar-refractivity contribution in [3.05, 3.63) is 105 Å². The second-order valence-electron chi connectivity index (χ2n) is 11.3. The summed E-state index contributed by atoms with van der Waals surface area (Å²) >= 11 is 19.6. The van der Waals surface area contributed by atoms with Gasteiger partial charge in [-0.25, -0.2) is 9.59 Å². The molecule has 0 saturated carbocycles. The van der Waals surface area contributed by atoms with E-state index in [4.69, 9.17) is 44.3 Å². The molecule has 4 atom stereocenters. The Bertz CT molecular complexity index is 1860. The quantitative estimate of drug-likeness (QED) is 0.150. The van der Waals surface area contributed by atoms with Crippen LogP contribution in [0.4, 0.5) is 0 Å². The Labute approximate surface area is 269 Å². The molecule has 0 spiro atoms. The molecule has 2 fully saturated rings. The van der Waals surface area contributed by atoms with Gasteiger partial charge in [0.25, 0.3) is 0 Å². The summed E-state index contributed by atoms with van der Waals surface area (Å²) in [5.74, 6) is -1.23. The molecule has 2 aromatic heterocycles. The fraction of sp³-hybridized carbons (Fsp3) is 0.273. The number of carbonyl (C=O) groups excluding carboxylic acids is 2. The summed E-state index contributed by atoms with van der Waals surface area (Å²) in [6.45, 7) is 12.1.